The maximum atomic E-state index is 13.2. The van der Waals surface area contributed by atoms with E-state index in [4.69, 9.17) is 23.7 Å². The van der Waals surface area contributed by atoms with Gasteiger partial charge in [-0.05, 0) is 35.9 Å². The summed E-state index contributed by atoms with van der Waals surface area (Å²) in [5, 5.41) is 21.7. The van der Waals surface area contributed by atoms with Crippen LogP contribution in [0, 0.1) is 10.1 Å². The molecular weight excluding hydrogens is 520 g/mol. The first kappa shape index (κ1) is 27.9. The second-order valence-electron chi connectivity index (χ2n) is 7.60. The zero-order valence-corrected chi connectivity index (χ0v) is 22.0. The number of rotatable bonds is 11. The van der Waals surface area contributed by atoms with Crippen LogP contribution in [0.15, 0.2) is 47.4 Å². The Bertz CT molecular complexity index is 1460. The second-order valence-corrected chi connectivity index (χ2v) is 9.28. The van der Waals surface area contributed by atoms with Crippen molar-refractivity contribution in [2.45, 2.75) is 4.90 Å². The summed E-state index contributed by atoms with van der Waals surface area (Å²) in [5.74, 6) is 0.899. The van der Waals surface area contributed by atoms with Crippen LogP contribution in [0.4, 0.5) is 11.4 Å². The molecule has 0 amide bonds. The fraction of sp³-hybridized carbons (Fsp3) is 0.200. The molecule has 3 aromatic rings. The Morgan fingerprint density at radius 1 is 0.816 bits per heavy atom. The standard InChI is InChI=1S/C25H26N2O10S/c1-33-21-9-8-17(13-19(21)27(29)30)38(31,32)26-18-14-22(34-2)20(28)12-16(18)7-6-15-10-23(35-3)25(37-5)24(11-15)36-4/h6-14,26,28H,1-5H3. The van der Waals surface area contributed by atoms with E-state index in [-0.39, 0.29) is 33.4 Å². The summed E-state index contributed by atoms with van der Waals surface area (Å²) in [6.07, 6.45) is 3.19. The molecule has 202 valence electrons. The van der Waals surface area contributed by atoms with Gasteiger partial charge in [0.2, 0.25) is 5.75 Å². The minimum Gasteiger partial charge on any atom is -0.504 e. The molecule has 0 aliphatic heterocycles. The molecule has 0 aliphatic carbocycles. The van der Waals surface area contributed by atoms with Crippen LogP contribution in [0.25, 0.3) is 12.2 Å². The van der Waals surface area contributed by atoms with Crippen molar-refractivity contribution in [3.63, 3.8) is 0 Å². The number of anilines is 1. The second kappa shape index (κ2) is 11.6. The van der Waals surface area contributed by atoms with Gasteiger partial charge in [-0.15, -0.1) is 0 Å². The monoisotopic (exact) mass is 546 g/mol. The van der Waals surface area contributed by atoms with Crippen LogP contribution in [-0.4, -0.2) is 54.0 Å². The lowest BCUT2D eigenvalue weighted by atomic mass is 10.1. The first-order valence-electron chi connectivity index (χ1n) is 10.8. The van der Waals surface area contributed by atoms with E-state index < -0.39 is 20.6 Å². The molecule has 0 bridgehead atoms. The Labute approximate surface area is 219 Å². The lowest BCUT2D eigenvalue weighted by Crippen LogP contribution is -2.14. The van der Waals surface area contributed by atoms with Gasteiger partial charge in [-0.2, -0.15) is 0 Å². The Morgan fingerprint density at radius 2 is 1.42 bits per heavy atom. The molecule has 3 rings (SSSR count). The van der Waals surface area contributed by atoms with Crippen molar-refractivity contribution in [2.24, 2.45) is 0 Å². The van der Waals surface area contributed by atoms with Crippen molar-refractivity contribution in [3.8, 4) is 34.5 Å². The smallest absolute Gasteiger partial charge is 0.312 e. The van der Waals surface area contributed by atoms with Gasteiger partial charge in [0, 0.05) is 17.7 Å². The number of nitro groups is 1. The van der Waals surface area contributed by atoms with E-state index in [9.17, 15) is 23.6 Å². The first-order chi connectivity index (χ1) is 18.1. The van der Waals surface area contributed by atoms with Crippen molar-refractivity contribution in [3.05, 3.63) is 63.7 Å². The Hall–Kier alpha value is -4.65. The molecule has 2 N–H and O–H groups in total. The highest BCUT2D eigenvalue weighted by Gasteiger charge is 2.23. The van der Waals surface area contributed by atoms with Crippen LogP contribution < -0.4 is 28.4 Å². The number of phenolic OH excluding ortho intramolecular Hbond substituents is 1. The van der Waals surface area contributed by atoms with Crippen LogP contribution >= 0.6 is 0 Å². The summed E-state index contributed by atoms with van der Waals surface area (Å²) >= 11 is 0. The average Bonchev–Trinajstić information content (AvgIpc) is 2.91. The summed E-state index contributed by atoms with van der Waals surface area (Å²) in [6.45, 7) is 0. The van der Waals surface area contributed by atoms with Crippen molar-refractivity contribution >= 4 is 33.6 Å². The lowest BCUT2D eigenvalue weighted by Gasteiger charge is -2.14. The number of sulfonamides is 1. The number of aromatic hydroxyl groups is 1. The molecule has 0 saturated heterocycles. The quantitative estimate of drug-likeness (QED) is 0.154. The summed E-state index contributed by atoms with van der Waals surface area (Å²) in [6, 6.07) is 9.22. The van der Waals surface area contributed by atoms with Crippen molar-refractivity contribution in [1.29, 1.82) is 0 Å². The largest absolute Gasteiger partial charge is 0.504 e. The highest BCUT2D eigenvalue weighted by atomic mass is 32.2. The van der Waals surface area contributed by atoms with E-state index in [0.717, 1.165) is 6.07 Å². The van der Waals surface area contributed by atoms with Gasteiger partial charge in [0.05, 0.1) is 51.1 Å². The van der Waals surface area contributed by atoms with Crippen LogP contribution in [-0.2, 0) is 10.0 Å². The number of ether oxygens (including phenoxy) is 5. The van der Waals surface area contributed by atoms with E-state index in [0.29, 0.717) is 22.8 Å². The highest BCUT2D eigenvalue weighted by molar-refractivity contribution is 7.92. The number of nitro benzene ring substituents is 1. The third kappa shape index (κ3) is 5.83. The highest BCUT2D eigenvalue weighted by Crippen LogP contribution is 2.40. The van der Waals surface area contributed by atoms with Gasteiger partial charge in [-0.1, -0.05) is 12.2 Å². The number of phenols is 1. The predicted octanol–water partition coefficient (Wildman–Crippen LogP) is 4.31. The Balaban J connectivity index is 2.07. The summed E-state index contributed by atoms with van der Waals surface area (Å²) in [5.41, 5.74) is 0.418. The van der Waals surface area contributed by atoms with Gasteiger partial charge in [-0.3, -0.25) is 14.8 Å². The van der Waals surface area contributed by atoms with E-state index >= 15 is 0 Å². The van der Waals surface area contributed by atoms with Crippen LogP contribution in [0.3, 0.4) is 0 Å². The molecule has 0 saturated carbocycles. The van der Waals surface area contributed by atoms with Crippen molar-refractivity contribution < 1.29 is 42.1 Å². The molecule has 0 radical (unpaired) electrons. The molecule has 13 heteroatoms. The summed E-state index contributed by atoms with van der Waals surface area (Å²) in [4.78, 5) is 10.3. The molecule has 0 atom stereocenters. The normalized spacial score (nSPS) is 11.2. The minimum atomic E-state index is -4.31. The average molecular weight is 547 g/mol. The number of hydrogen-bond acceptors (Lipinski definition) is 10. The van der Waals surface area contributed by atoms with Crippen LogP contribution in [0.2, 0.25) is 0 Å². The zero-order valence-electron chi connectivity index (χ0n) is 21.2. The molecule has 0 fully saturated rings. The van der Waals surface area contributed by atoms with E-state index in [1.165, 1.54) is 59.8 Å². The Morgan fingerprint density at radius 3 is 1.95 bits per heavy atom. The fourth-order valence-corrected chi connectivity index (χ4v) is 4.64. The molecule has 3 aromatic carbocycles. The van der Waals surface area contributed by atoms with Crippen molar-refractivity contribution in [2.75, 3.05) is 40.3 Å². The molecule has 0 aromatic heterocycles. The van der Waals surface area contributed by atoms with E-state index in [1.54, 1.807) is 24.3 Å². The minimum absolute atomic E-state index is 0.00773. The SMILES string of the molecule is COc1cc(NS(=O)(=O)c2ccc(OC)c([N+](=O)[O-])c2)c(C=Cc2cc(OC)c(OC)c(OC)c2)cc1O. The van der Waals surface area contributed by atoms with Gasteiger partial charge in [0.1, 0.15) is 0 Å². The fourth-order valence-electron chi connectivity index (χ4n) is 3.54. The van der Waals surface area contributed by atoms with E-state index in [1.807, 2.05) is 0 Å². The van der Waals surface area contributed by atoms with Gasteiger partial charge < -0.3 is 28.8 Å². The van der Waals surface area contributed by atoms with Crippen molar-refractivity contribution in [1.82, 2.24) is 0 Å². The number of hydrogen-bond donors (Lipinski definition) is 2. The zero-order chi connectivity index (χ0) is 28.0. The maximum absolute atomic E-state index is 13.2. The third-order valence-corrected chi connectivity index (χ3v) is 6.76. The van der Waals surface area contributed by atoms with Crippen LogP contribution in [0.5, 0.6) is 34.5 Å². The van der Waals surface area contributed by atoms with Gasteiger partial charge in [0.15, 0.2) is 28.7 Å². The van der Waals surface area contributed by atoms with E-state index in [2.05, 4.69) is 4.72 Å². The number of nitrogens with zero attached hydrogens (tertiary/aromatic N) is 1. The summed E-state index contributed by atoms with van der Waals surface area (Å²) < 4.78 is 54.9. The van der Waals surface area contributed by atoms with Crippen LogP contribution in [0.1, 0.15) is 11.1 Å². The van der Waals surface area contributed by atoms with Gasteiger partial charge >= 0.3 is 5.69 Å². The first-order valence-corrected chi connectivity index (χ1v) is 12.3. The molecule has 12 nitrogen and oxygen atoms in total. The molecular formula is C25H26N2O10S. The van der Waals surface area contributed by atoms with Gasteiger partial charge in [0.25, 0.3) is 10.0 Å². The molecule has 0 aliphatic rings. The number of methoxy groups -OCH3 is 5. The number of benzene rings is 3. The van der Waals surface area contributed by atoms with Gasteiger partial charge in [-0.25, -0.2) is 8.42 Å². The maximum Gasteiger partial charge on any atom is 0.312 e. The lowest BCUT2D eigenvalue weighted by molar-refractivity contribution is -0.386. The molecule has 0 heterocycles. The third-order valence-electron chi connectivity index (χ3n) is 5.40. The number of nitrogens with one attached hydrogen (secondary N) is 1. The topological polar surface area (TPSA) is 156 Å². The Kier molecular flexibility index (Phi) is 8.53. The molecule has 0 unspecified atom stereocenters. The predicted molar refractivity (Wildman–Crippen MR) is 140 cm³/mol. The molecule has 38 heavy (non-hydrogen) atoms. The summed E-state index contributed by atoms with van der Waals surface area (Å²) in [7, 11) is 2.67. The molecule has 0 spiro atoms.